The minimum absolute atomic E-state index is 0.0200. The molecule has 2 rings (SSSR count). The van der Waals surface area contributed by atoms with Crippen molar-refractivity contribution in [2.24, 2.45) is 0 Å². The number of hydrogen-bond acceptors (Lipinski definition) is 3. The van der Waals surface area contributed by atoms with Gasteiger partial charge in [-0.15, -0.1) is 0 Å². The van der Waals surface area contributed by atoms with E-state index in [1.165, 1.54) is 32.4 Å². The van der Waals surface area contributed by atoms with Crippen molar-refractivity contribution in [2.75, 3.05) is 18.5 Å². The van der Waals surface area contributed by atoms with E-state index in [1.54, 1.807) is 12.1 Å². The van der Waals surface area contributed by atoms with Crippen molar-refractivity contribution in [3.8, 4) is 5.75 Å². The quantitative estimate of drug-likeness (QED) is 0.864. The van der Waals surface area contributed by atoms with Crippen LogP contribution < -0.4 is 9.04 Å². The van der Waals surface area contributed by atoms with E-state index in [1.807, 2.05) is 0 Å². The molecule has 2 aromatic rings. The molecule has 2 aromatic carbocycles. The van der Waals surface area contributed by atoms with E-state index in [2.05, 4.69) is 0 Å². The first kappa shape index (κ1) is 15.6. The molecule has 21 heavy (non-hydrogen) atoms. The average molecular weight is 330 g/mol. The zero-order valence-electron chi connectivity index (χ0n) is 11.4. The smallest absolute Gasteiger partial charge is 0.264 e. The van der Waals surface area contributed by atoms with Crippen molar-refractivity contribution >= 4 is 27.3 Å². The summed E-state index contributed by atoms with van der Waals surface area (Å²) < 4.78 is 44.2. The van der Waals surface area contributed by atoms with Crippen LogP contribution >= 0.6 is 11.6 Å². The van der Waals surface area contributed by atoms with Crippen molar-refractivity contribution < 1.29 is 17.5 Å². The van der Waals surface area contributed by atoms with E-state index in [0.717, 1.165) is 16.4 Å². The predicted molar refractivity (Wildman–Crippen MR) is 80.0 cm³/mol. The molecule has 112 valence electrons. The van der Waals surface area contributed by atoms with Crippen molar-refractivity contribution in [1.82, 2.24) is 0 Å². The lowest BCUT2D eigenvalue weighted by atomic mass is 10.3. The highest BCUT2D eigenvalue weighted by atomic mass is 35.5. The Balaban J connectivity index is 2.50. The van der Waals surface area contributed by atoms with Gasteiger partial charge >= 0.3 is 0 Å². The van der Waals surface area contributed by atoms with Crippen LogP contribution in [0.2, 0.25) is 5.02 Å². The molecule has 0 atom stereocenters. The van der Waals surface area contributed by atoms with E-state index in [9.17, 15) is 12.8 Å². The maximum Gasteiger partial charge on any atom is 0.264 e. The molecule has 4 nitrogen and oxygen atoms in total. The number of nitrogens with zero attached hydrogens (tertiary/aromatic N) is 1. The second kappa shape index (κ2) is 5.91. The van der Waals surface area contributed by atoms with Gasteiger partial charge in [0.05, 0.1) is 17.7 Å². The molecule has 0 saturated carbocycles. The number of sulfonamides is 1. The van der Waals surface area contributed by atoms with Gasteiger partial charge < -0.3 is 4.74 Å². The zero-order chi connectivity index (χ0) is 15.6. The lowest BCUT2D eigenvalue weighted by molar-refractivity contribution is 0.416. The summed E-state index contributed by atoms with van der Waals surface area (Å²) in [7, 11) is -1.01. The fraction of sp³-hybridized carbons (Fsp3) is 0.143. The third-order valence-electron chi connectivity index (χ3n) is 2.95. The Kier molecular flexibility index (Phi) is 4.39. The maximum atomic E-state index is 12.9. The SMILES string of the molecule is COc1ccc(Cl)cc1N(C)S(=O)(=O)c1ccc(F)cc1. The van der Waals surface area contributed by atoms with Gasteiger partial charge in [0.2, 0.25) is 0 Å². The van der Waals surface area contributed by atoms with Crippen LogP contribution in [0.1, 0.15) is 0 Å². The van der Waals surface area contributed by atoms with Crippen LogP contribution in [-0.4, -0.2) is 22.6 Å². The molecule has 0 radical (unpaired) electrons. The zero-order valence-corrected chi connectivity index (χ0v) is 13.0. The van der Waals surface area contributed by atoms with Gasteiger partial charge in [0, 0.05) is 12.1 Å². The summed E-state index contributed by atoms with van der Waals surface area (Å²) in [6, 6.07) is 9.26. The molecule has 0 N–H and O–H groups in total. The Morgan fingerprint density at radius 2 is 1.76 bits per heavy atom. The molecule has 0 heterocycles. The fourth-order valence-corrected chi connectivity index (χ4v) is 3.17. The molecule has 0 aliphatic rings. The van der Waals surface area contributed by atoms with E-state index in [-0.39, 0.29) is 4.90 Å². The molecule has 0 aliphatic heterocycles. The van der Waals surface area contributed by atoms with Gasteiger partial charge in [0.15, 0.2) is 0 Å². The number of methoxy groups -OCH3 is 1. The molecular weight excluding hydrogens is 317 g/mol. The van der Waals surface area contributed by atoms with Crippen LogP contribution in [0.15, 0.2) is 47.4 Å². The molecule has 0 unspecified atom stereocenters. The summed E-state index contributed by atoms with van der Waals surface area (Å²) >= 11 is 5.91. The largest absolute Gasteiger partial charge is 0.495 e. The Labute approximate surface area is 127 Å². The van der Waals surface area contributed by atoms with Crippen molar-refractivity contribution in [2.45, 2.75) is 4.90 Å². The predicted octanol–water partition coefficient (Wildman–Crippen LogP) is 3.31. The number of ether oxygens (including phenoxy) is 1. The fourth-order valence-electron chi connectivity index (χ4n) is 1.80. The molecule has 0 spiro atoms. The first-order chi connectivity index (χ1) is 9.86. The number of benzene rings is 2. The second-order valence-electron chi connectivity index (χ2n) is 4.24. The first-order valence-electron chi connectivity index (χ1n) is 5.94. The third kappa shape index (κ3) is 3.11. The molecule has 0 saturated heterocycles. The van der Waals surface area contributed by atoms with Gasteiger partial charge in [-0.05, 0) is 42.5 Å². The van der Waals surface area contributed by atoms with Gasteiger partial charge in [-0.25, -0.2) is 12.8 Å². The molecular formula is C14H13ClFNO3S. The van der Waals surface area contributed by atoms with Crippen LogP contribution in [0, 0.1) is 5.82 Å². The molecule has 7 heteroatoms. The number of anilines is 1. The van der Waals surface area contributed by atoms with Crippen molar-refractivity contribution in [3.63, 3.8) is 0 Å². The first-order valence-corrected chi connectivity index (χ1v) is 7.76. The van der Waals surface area contributed by atoms with Crippen LogP contribution in [0.5, 0.6) is 5.75 Å². The van der Waals surface area contributed by atoms with E-state index in [4.69, 9.17) is 16.3 Å². The Morgan fingerprint density at radius 1 is 1.14 bits per heavy atom. The van der Waals surface area contributed by atoms with Crippen molar-refractivity contribution in [1.29, 1.82) is 0 Å². The van der Waals surface area contributed by atoms with Crippen LogP contribution in [0.4, 0.5) is 10.1 Å². The van der Waals surface area contributed by atoms with E-state index in [0.29, 0.717) is 16.5 Å². The second-order valence-corrected chi connectivity index (χ2v) is 6.65. The average Bonchev–Trinajstić information content (AvgIpc) is 2.46. The summed E-state index contributed by atoms with van der Waals surface area (Å²) in [5, 5.41) is 0.381. The molecule has 0 aromatic heterocycles. The lowest BCUT2D eigenvalue weighted by Crippen LogP contribution is -2.27. The number of halogens is 2. The number of hydrogen-bond donors (Lipinski definition) is 0. The highest BCUT2D eigenvalue weighted by molar-refractivity contribution is 7.92. The highest BCUT2D eigenvalue weighted by Crippen LogP contribution is 2.33. The molecule has 0 amide bonds. The third-order valence-corrected chi connectivity index (χ3v) is 4.97. The minimum atomic E-state index is -3.83. The maximum absolute atomic E-state index is 12.9. The van der Waals surface area contributed by atoms with Crippen LogP contribution in [-0.2, 0) is 10.0 Å². The van der Waals surface area contributed by atoms with Gasteiger partial charge in [-0.2, -0.15) is 0 Å². The summed E-state index contributed by atoms with van der Waals surface area (Å²) in [5.41, 5.74) is 0.300. The lowest BCUT2D eigenvalue weighted by Gasteiger charge is -2.21. The van der Waals surface area contributed by atoms with Gasteiger partial charge in [-0.1, -0.05) is 11.6 Å². The van der Waals surface area contributed by atoms with Crippen LogP contribution in [0.25, 0.3) is 0 Å². The minimum Gasteiger partial charge on any atom is -0.495 e. The van der Waals surface area contributed by atoms with Gasteiger partial charge in [-0.3, -0.25) is 4.31 Å². The monoisotopic (exact) mass is 329 g/mol. The summed E-state index contributed by atoms with van der Waals surface area (Å²) in [6.07, 6.45) is 0. The van der Waals surface area contributed by atoms with E-state index >= 15 is 0 Å². The molecule has 0 aliphatic carbocycles. The molecule has 0 fully saturated rings. The summed E-state index contributed by atoms with van der Waals surface area (Å²) in [5.74, 6) is -0.135. The Bertz CT molecular complexity index is 747. The Hall–Kier alpha value is -1.79. The van der Waals surface area contributed by atoms with Crippen LogP contribution in [0.3, 0.4) is 0 Å². The van der Waals surface area contributed by atoms with Gasteiger partial charge in [0.1, 0.15) is 11.6 Å². The topological polar surface area (TPSA) is 46.6 Å². The summed E-state index contributed by atoms with van der Waals surface area (Å²) in [4.78, 5) is -0.0200. The van der Waals surface area contributed by atoms with E-state index < -0.39 is 15.8 Å². The summed E-state index contributed by atoms with van der Waals surface area (Å²) in [6.45, 7) is 0. The normalized spacial score (nSPS) is 11.2. The highest BCUT2D eigenvalue weighted by Gasteiger charge is 2.24. The van der Waals surface area contributed by atoms with Crippen molar-refractivity contribution in [3.05, 3.63) is 53.3 Å². The standard InChI is InChI=1S/C14H13ClFNO3S/c1-17(13-9-10(15)3-8-14(13)20-2)21(18,19)12-6-4-11(16)5-7-12/h3-9H,1-2H3. The number of rotatable bonds is 4. The van der Waals surface area contributed by atoms with Gasteiger partial charge in [0.25, 0.3) is 10.0 Å². The molecule has 0 bridgehead atoms. The Morgan fingerprint density at radius 3 is 2.33 bits per heavy atom.